The Morgan fingerprint density at radius 3 is 2.75 bits per heavy atom. The van der Waals surface area contributed by atoms with Gasteiger partial charge in [-0.05, 0) is 74.2 Å². The Kier molecular flexibility index (Phi) is 3.89. The molecule has 0 bridgehead atoms. The topological polar surface area (TPSA) is 43.4 Å². The first-order valence-electron chi connectivity index (χ1n) is 9.80. The Balaban J connectivity index is 1.60. The Bertz CT molecular complexity index is 592. The molecule has 0 aliphatic heterocycles. The fourth-order valence-corrected chi connectivity index (χ4v) is 6.96. The molecule has 24 heavy (non-hydrogen) atoms. The van der Waals surface area contributed by atoms with Gasteiger partial charge >= 0.3 is 5.97 Å². The van der Waals surface area contributed by atoms with E-state index in [-0.39, 0.29) is 17.5 Å². The quantitative estimate of drug-likeness (QED) is 0.673. The number of allylic oxidation sites excluding steroid dienone is 1. The number of hydrogen-bond acceptors (Lipinski definition) is 3. The van der Waals surface area contributed by atoms with Crippen molar-refractivity contribution in [2.24, 2.45) is 35.0 Å². The molecule has 0 N–H and O–H groups in total. The number of hydrogen-bond donors (Lipinski definition) is 0. The zero-order valence-electron chi connectivity index (χ0n) is 15.2. The number of ether oxygens (including phenoxy) is 1. The highest BCUT2D eigenvalue weighted by Gasteiger charge is 2.57. The fraction of sp³-hybridized carbons (Fsp3) is 0.810. The van der Waals surface area contributed by atoms with Crippen molar-refractivity contribution < 1.29 is 14.3 Å². The van der Waals surface area contributed by atoms with Crippen molar-refractivity contribution in [3.63, 3.8) is 0 Å². The van der Waals surface area contributed by atoms with Gasteiger partial charge in [0.15, 0.2) is 5.78 Å². The molecule has 0 aromatic rings. The molecule has 0 spiro atoms. The zero-order valence-corrected chi connectivity index (χ0v) is 15.2. The molecule has 4 aliphatic rings. The minimum absolute atomic E-state index is 0.114. The number of ketones is 1. The maximum Gasteiger partial charge on any atom is 0.302 e. The summed E-state index contributed by atoms with van der Waals surface area (Å²) in [4.78, 5) is 23.4. The first-order chi connectivity index (χ1) is 11.4. The third-order valence-electron chi connectivity index (χ3n) is 7.85. The molecule has 3 fully saturated rings. The van der Waals surface area contributed by atoms with Crippen LogP contribution in [0.5, 0.6) is 0 Å². The molecule has 4 rings (SSSR count). The van der Waals surface area contributed by atoms with Crippen LogP contribution in [0, 0.1) is 35.0 Å². The SMILES string of the molecule is CC(=O)O[C@H]1CC[C@H]2[C@@H]3CCC4=CC(=O)CC(C)[C@@H]4[C@H]3CC[C@]12C. The van der Waals surface area contributed by atoms with Crippen molar-refractivity contribution in [2.75, 3.05) is 0 Å². The van der Waals surface area contributed by atoms with E-state index < -0.39 is 0 Å². The summed E-state index contributed by atoms with van der Waals surface area (Å²) in [5.41, 5.74) is 1.61. The van der Waals surface area contributed by atoms with Crippen LogP contribution in [0.3, 0.4) is 0 Å². The van der Waals surface area contributed by atoms with Crippen molar-refractivity contribution in [1.82, 2.24) is 0 Å². The molecule has 0 amide bonds. The van der Waals surface area contributed by atoms with Crippen LogP contribution in [0.15, 0.2) is 11.6 Å². The highest BCUT2D eigenvalue weighted by atomic mass is 16.5. The summed E-state index contributed by atoms with van der Waals surface area (Å²) in [6.45, 7) is 6.19. The van der Waals surface area contributed by atoms with Gasteiger partial charge in [0.1, 0.15) is 6.10 Å². The molecule has 4 aliphatic carbocycles. The highest BCUT2D eigenvalue weighted by molar-refractivity contribution is 5.91. The largest absolute Gasteiger partial charge is 0.462 e. The summed E-state index contributed by atoms with van der Waals surface area (Å²) in [7, 11) is 0. The first kappa shape index (κ1) is 16.4. The van der Waals surface area contributed by atoms with Gasteiger partial charge in [-0.25, -0.2) is 0 Å². The molecule has 1 unspecified atom stereocenters. The number of fused-ring (bicyclic) bond motifs is 5. The molecule has 0 saturated heterocycles. The van der Waals surface area contributed by atoms with E-state index >= 15 is 0 Å². The highest BCUT2D eigenvalue weighted by Crippen LogP contribution is 2.62. The summed E-state index contributed by atoms with van der Waals surface area (Å²) in [5.74, 6) is 3.51. The molecule has 3 nitrogen and oxygen atoms in total. The van der Waals surface area contributed by atoms with Crippen molar-refractivity contribution in [3.05, 3.63) is 11.6 Å². The predicted molar refractivity (Wildman–Crippen MR) is 92.2 cm³/mol. The lowest BCUT2D eigenvalue weighted by molar-refractivity contribution is -0.156. The lowest BCUT2D eigenvalue weighted by atomic mass is 9.51. The Morgan fingerprint density at radius 2 is 2.00 bits per heavy atom. The summed E-state index contributed by atoms with van der Waals surface area (Å²) < 4.78 is 5.71. The van der Waals surface area contributed by atoms with E-state index in [0.717, 1.165) is 31.1 Å². The first-order valence-corrected chi connectivity index (χ1v) is 9.80. The van der Waals surface area contributed by atoms with Crippen LogP contribution in [0.1, 0.15) is 65.7 Å². The van der Waals surface area contributed by atoms with E-state index in [9.17, 15) is 9.59 Å². The van der Waals surface area contributed by atoms with Crippen LogP contribution in [0.4, 0.5) is 0 Å². The Labute approximate surface area is 145 Å². The summed E-state index contributed by atoms with van der Waals surface area (Å²) in [6.07, 6.45) is 9.79. The third kappa shape index (κ3) is 2.38. The number of esters is 1. The summed E-state index contributed by atoms with van der Waals surface area (Å²) in [6, 6.07) is 0. The molecule has 132 valence electrons. The van der Waals surface area contributed by atoms with E-state index in [0.29, 0.717) is 23.5 Å². The van der Waals surface area contributed by atoms with Gasteiger partial charge in [0.25, 0.3) is 0 Å². The maximum absolute atomic E-state index is 11.9. The average Bonchev–Trinajstić information content (AvgIpc) is 2.83. The predicted octanol–water partition coefficient (Wildman–Crippen LogP) is 4.31. The van der Waals surface area contributed by atoms with Gasteiger partial charge in [-0.1, -0.05) is 19.4 Å². The van der Waals surface area contributed by atoms with E-state index in [4.69, 9.17) is 4.74 Å². The second kappa shape index (κ2) is 5.71. The molecule has 0 aromatic carbocycles. The second-order valence-corrected chi connectivity index (χ2v) is 9.09. The van der Waals surface area contributed by atoms with Gasteiger partial charge in [0.05, 0.1) is 0 Å². The minimum Gasteiger partial charge on any atom is -0.462 e. The second-order valence-electron chi connectivity index (χ2n) is 9.09. The molecule has 3 heteroatoms. The normalized spacial score (nSPS) is 47.3. The lowest BCUT2D eigenvalue weighted by Crippen LogP contribution is -2.49. The van der Waals surface area contributed by atoms with Crippen molar-refractivity contribution in [1.29, 1.82) is 0 Å². The molecule has 0 radical (unpaired) electrons. The third-order valence-corrected chi connectivity index (χ3v) is 7.85. The Hall–Kier alpha value is -1.12. The van der Waals surface area contributed by atoms with E-state index in [2.05, 4.69) is 13.8 Å². The molecule has 0 heterocycles. The van der Waals surface area contributed by atoms with E-state index in [1.165, 1.54) is 31.3 Å². The van der Waals surface area contributed by atoms with Crippen LogP contribution in [0.25, 0.3) is 0 Å². The van der Waals surface area contributed by atoms with Crippen LogP contribution in [-0.2, 0) is 14.3 Å². The average molecular weight is 330 g/mol. The van der Waals surface area contributed by atoms with Gasteiger partial charge < -0.3 is 4.74 Å². The zero-order chi connectivity index (χ0) is 17.1. The Morgan fingerprint density at radius 1 is 1.21 bits per heavy atom. The smallest absolute Gasteiger partial charge is 0.302 e. The van der Waals surface area contributed by atoms with Crippen LogP contribution in [-0.4, -0.2) is 17.9 Å². The maximum atomic E-state index is 11.9. The molecule has 7 atom stereocenters. The van der Waals surface area contributed by atoms with Crippen molar-refractivity contribution in [2.45, 2.75) is 71.8 Å². The number of rotatable bonds is 1. The van der Waals surface area contributed by atoms with E-state index in [1.54, 1.807) is 6.92 Å². The number of carbonyl (C=O) groups excluding carboxylic acids is 2. The van der Waals surface area contributed by atoms with Gasteiger partial charge in [0.2, 0.25) is 0 Å². The van der Waals surface area contributed by atoms with Gasteiger partial charge in [-0.3, -0.25) is 9.59 Å². The number of carbonyl (C=O) groups is 2. The van der Waals surface area contributed by atoms with Gasteiger partial charge in [-0.15, -0.1) is 0 Å². The standard InChI is InChI=1S/C21H30O3/c1-12-10-15(23)11-14-4-5-16-17(20(12)14)8-9-21(3)18(16)6-7-19(21)24-13(2)22/h11-12,16-20H,4-10H2,1-3H3/t12?,16-,17+,18+,19+,20+,21+/m1/s1. The van der Waals surface area contributed by atoms with Crippen LogP contribution < -0.4 is 0 Å². The molecular formula is C21H30O3. The van der Waals surface area contributed by atoms with Crippen LogP contribution >= 0.6 is 0 Å². The fourth-order valence-electron chi connectivity index (χ4n) is 6.96. The molecule has 0 aromatic heterocycles. The monoisotopic (exact) mass is 330 g/mol. The van der Waals surface area contributed by atoms with Crippen LogP contribution in [0.2, 0.25) is 0 Å². The lowest BCUT2D eigenvalue weighted by Gasteiger charge is -2.54. The molecular weight excluding hydrogens is 300 g/mol. The summed E-state index contributed by atoms with van der Waals surface area (Å²) in [5, 5.41) is 0. The minimum atomic E-state index is -0.128. The van der Waals surface area contributed by atoms with Crippen molar-refractivity contribution in [3.8, 4) is 0 Å². The summed E-state index contributed by atoms with van der Waals surface area (Å²) >= 11 is 0. The van der Waals surface area contributed by atoms with Crippen molar-refractivity contribution >= 4 is 11.8 Å². The van der Waals surface area contributed by atoms with Gasteiger partial charge in [0, 0.05) is 18.8 Å². The molecule has 3 saturated carbocycles. The van der Waals surface area contributed by atoms with Gasteiger partial charge in [-0.2, -0.15) is 0 Å². The van der Waals surface area contributed by atoms with E-state index in [1.807, 2.05) is 6.08 Å².